The number of ether oxygens (including phenoxy) is 3. The lowest BCUT2D eigenvalue weighted by Crippen LogP contribution is -2.37. The van der Waals surface area contributed by atoms with Crippen LogP contribution in [0.25, 0.3) is 0 Å². The van der Waals surface area contributed by atoms with Crippen LogP contribution < -0.4 is 19.7 Å². The number of hydrogen-bond donors (Lipinski definition) is 1. The van der Waals surface area contributed by atoms with Crippen LogP contribution >= 0.6 is 11.6 Å². The van der Waals surface area contributed by atoms with Crippen molar-refractivity contribution >= 4 is 29.0 Å². The van der Waals surface area contributed by atoms with Crippen LogP contribution in [-0.4, -0.2) is 56.6 Å². The zero-order chi connectivity index (χ0) is 18.5. The molecule has 1 N–H and O–H groups in total. The Balaban J connectivity index is 1.75. The van der Waals surface area contributed by atoms with Gasteiger partial charge < -0.3 is 24.4 Å². The molecule has 2 heterocycles. The fraction of sp³-hybridized carbons (Fsp3) is 0.353. The van der Waals surface area contributed by atoms with E-state index in [0.717, 1.165) is 18.9 Å². The second-order valence-electron chi connectivity index (χ2n) is 5.52. The fourth-order valence-electron chi connectivity index (χ4n) is 2.55. The molecule has 0 saturated carbocycles. The number of nitrogens with one attached hydrogen (secondary N) is 1. The monoisotopic (exact) mass is 378 g/mol. The summed E-state index contributed by atoms with van der Waals surface area (Å²) in [6, 6.07) is 6.57. The standard InChI is InChI=1S/C17H19ClN4O4/c1-24-14-10-13(15(25-2)9-11(14)18)19-17(23)12-3-4-16(21-20-12)22-5-7-26-8-6-22/h3-4,9-10H,5-8H2,1-2H3,(H,19,23). The quantitative estimate of drug-likeness (QED) is 0.853. The van der Waals surface area contributed by atoms with E-state index in [2.05, 4.69) is 20.4 Å². The van der Waals surface area contributed by atoms with Crippen molar-refractivity contribution in [1.29, 1.82) is 0 Å². The number of rotatable bonds is 5. The lowest BCUT2D eigenvalue weighted by Gasteiger charge is -2.27. The van der Waals surface area contributed by atoms with Crippen LogP contribution in [0.4, 0.5) is 11.5 Å². The van der Waals surface area contributed by atoms with Gasteiger partial charge in [-0.1, -0.05) is 11.6 Å². The first-order valence-electron chi connectivity index (χ1n) is 8.01. The Hall–Kier alpha value is -2.58. The van der Waals surface area contributed by atoms with Crippen molar-refractivity contribution in [2.24, 2.45) is 0 Å². The van der Waals surface area contributed by atoms with Crippen molar-refractivity contribution in [2.75, 3.05) is 50.7 Å². The molecule has 1 saturated heterocycles. The summed E-state index contributed by atoms with van der Waals surface area (Å²) in [7, 11) is 2.99. The van der Waals surface area contributed by atoms with Crippen molar-refractivity contribution < 1.29 is 19.0 Å². The van der Waals surface area contributed by atoms with Crippen LogP contribution in [0.3, 0.4) is 0 Å². The van der Waals surface area contributed by atoms with Crippen molar-refractivity contribution in [3.8, 4) is 11.5 Å². The molecule has 9 heteroatoms. The maximum Gasteiger partial charge on any atom is 0.276 e. The largest absolute Gasteiger partial charge is 0.495 e. The number of carbonyl (C=O) groups is 1. The molecule has 26 heavy (non-hydrogen) atoms. The molecule has 1 aromatic heterocycles. The molecule has 1 fully saturated rings. The SMILES string of the molecule is COc1cc(NC(=O)c2ccc(N3CCOCC3)nn2)c(OC)cc1Cl. The lowest BCUT2D eigenvalue weighted by atomic mass is 10.2. The molecule has 2 aromatic rings. The molecule has 1 aromatic carbocycles. The number of nitrogens with zero attached hydrogens (tertiary/aromatic N) is 3. The lowest BCUT2D eigenvalue weighted by molar-refractivity contribution is 0.102. The molecular formula is C17H19ClN4O4. The number of hydrogen-bond acceptors (Lipinski definition) is 7. The fourth-order valence-corrected chi connectivity index (χ4v) is 2.78. The molecule has 1 aliphatic heterocycles. The van der Waals surface area contributed by atoms with Gasteiger partial charge in [0.2, 0.25) is 0 Å². The van der Waals surface area contributed by atoms with E-state index in [1.807, 2.05) is 0 Å². The van der Waals surface area contributed by atoms with E-state index in [-0.39, 0.29) is 5.69 Å². The first kappa shape index (κ1) is 18.2. The first-order valence-corrected chi connectivity index (χ1v) is 8.39. The van der Waals surface area contributed by atoms with Gasteiger partial charge in [-0.05, 0) is 12.1 Å². The Labute approximate surface area is 156 Å². The summed E-state index contributed by atoms with van der Waals surface area (Å²) in [5, 5.41) is 11.3. The maximum atomic E-state index is 12.5. The van der Waals surface area contributed by atoms with Gasteiger partial charge in [0, 0.05) is 25.2 Å². The second-order valence-corrected chi connectivity index (χ2v) is 5.92. The normalized spacial score (nSPS) is 14.0. The predicted octanol–water partition coefficient (Wildman–Crippen LogP) is 2.24. The van der Waals surface area contributed by atoms with Crippen LogP contribution in [0.15, 0.2) is 24.3 Å². The molecule has 0 radical (unpaired) electrons. The highest BCUT2D eigenvalue weighted by Crippen LogP contribution is 2.36. The van der Waals surface area contributed by atoms with Crippen LogP contribution in [0.2, 0.25) is 5.02 Å². The van der Waals surface area contributed by atoms with Crippen LogP contribution in [0, 0.1) is 0 Å². The summed E-state index contributed by atoms with van der Waals surface area (Å²) < 4.78 is 15.7. The molecular weight excluding hydrogens is 360 g/mol. The molecule has 8 nitrogen and oxygen atoms in total. The third-order valence-electron chi connectivity index (χ3n) is 3.94. The van der Waals surface area contributed by atoms with E-state index in [0.29, 0.717) is 35.4 Å². The number of anilines is 2. The average Bonchev–Trinajstić information content (AvgIpc) is 2.69. The Morgan fingerprint density at radius 2 is 1.88 bits per heavy atom. The van der Waals surface area contributed by atoms with Gasteiger partial charge in [0.25, 0.3) is 5.91 Å². The molecule has 0 bridgehead atoms. The van der Waals surface area contributed by atoms with Crippen LogP contribution in [0.1, 0.15) is 10.5 Å². The summed E-state index contributed by atoms with van der Waals surface area (Å²) >= 11 is 6.07. The van der Waals surface area contributed by atoms with Gasteiger partial charge in [-0.2, -0.15) is 0 Å². The van der Waals surface area contributed by atoms with Gasteiger partial charge in [-0.15, -0.1) is 10.2 Å². The number of carbonyl (C=O) groups excluding carboxylic acids is 1. The van der Waals surface area contributed by atoms with Crippen molar-refractivity contribution in [3.63, 3.8) is 0 Å². The molecule has 0 atom stereocenters. The number of amides is 1. The molecule has 1 aliphatic rings. The van der Waals surface area contributed by atoms with Crippen LogP contribution in [-0.2, 0) is 4.74 Å². The van der Waals surface area contributed by atoms with Crippen molar-refractivity contribution in [2.45, 2.75) is 0 Å². The minimum absolute atomic E-state index is 0.193. The van der Waals surface area contributed by atoms with Gasteiger partial charge in [-0.3, -0.25) is 4.79 Å². The molecule has 0 aliphatic carbocycles. The highest BCUT2D eigenvalue weighted by molar-refractivity contribution is 6.32. The summed E-state index contributed by atoms with van der Waals surface area (Å²) in [5.41, 5.74) is 0.621. The molecule has 0 unspecified atom stereocenters. The number of halogens is 1. The number of benzene rings is 1. The average molecular weight is 379 g/mol. The molecule has 0 spiro atoms. The Morgan fingerprint density at radius 1 is 1.15 bits per heavy atom. The summed E-state index contributed by atoms with van der Waals surface area (Å²) in [6.07, 6.45) is 0. The van der Waals surface area contributed by atoms with Gasteiger partial charge in [0.05, 0.1) is 38.1 Å². The molecule has 1 amide bonds. The van der Waals surface area contributed by atoms with Crippen molar-refractivity contribution in [1.82, 2.24) is 10.2 Å². The van der Waals surface area contributed by atoms with E-state index in [1.165, 1.54) is 14.2 Å². The number of aromatic nitrogens is 2. The number of methoxy groups -OCH3 is 2. The Morgan fingerprint density at radius 3 is 2.50 bits per heavy atom. The Bertz CT molecular complexity index is 779. The number of morpholine rings is 1. The zero-order valence-corrected chi connectivity index (χ0v) is 15.2. The van der Waals surface area contributed by atoms with E-state index in [9.17, 15) is 4.79 Å². The minimum atomic E-state index is -0.409. The van der Waals surface area contributed by atoms with Gasteiger partial charge in [-0.25, -0.2) is 0 Å². The molecule has 138 valence electrons. The highest BCUT2D eigenvalue weighted by atomic mass is 35.5. The maximum absolute atomic E-state index is 12.5. The zero-order valence-electron chi connectivity index (χ0n) is 14.5. The van der Waals surface area contributed by atoms with E-state index in [1.54, 1.807) is 24.3 Å². The topological polar surface area (TPSA) is 85.8 Å². The third kappa shape index (κ3) is 3.97. The van der Waals surface area contributed by atoms with Gasteiger partial charge >= 0.3 is 0 Å². The van der Waals surface area contributed by atoms with Gasteiger partial charge in [0.15, 0.2) is 11.5 Å². The summed E-state index contributed by atoms with van der Waals surface area (Å²) in [5.74, 6) is 1.16. The Kier molecular flexibility index (Phi) is 5.75. The predicted molar refractivity (Wildman–Crippen MR) is 97.6 cm³/mol. The van der Waals surface area contributed by atoms with Crippen LogP contribution in [0.5, 0.6) is 11.5 Å². The van der Waals surface area contributed by atoms with Crippen molar-refractivity contribution in [3.05, 3.63) is 35.0 Å². The summed E-state index contributed by atoms with van der Waals surface area (Å²) in [6.45, 7) is 2.81. The first-order chi connectivity index (χ1) is 12.6. The minimum Gasteiger partial charge on any atom is -0.495 e. The van der Waals surface area contributed by atoms with E-state index < -0.39 is 5.91 Å². The molecule has 3 rings (SSSR count). The smallest absolute Gasteiger partial charge is 0.276 e. The third-order valence-corrected chi connectivity index (χ3v) is 4.24. The van der Waals surface area contributed by atoms with Gasteiger partial charge in [0.1, 0.15) is 11.5 Å². The summed E-state index contributed by atoms with van der Waals surface area (Å²) in [4.78, 5) is 14.5. The van der Waals surface area contributed by atoms with E-state index in [4.69, 9.17) is 25.8 Å². The second kappa shape index (κ2) is 8.20. The van der Waals surface area contributed by atoms with E-state index >= 15 is 0 Å². The highest BCUT2D eigenvalue weighted by Gasteiger charge is 2.17.